The molecule has 4 heteroatoms. The van der Waals surface area contributed by atoms with Crippen LogP contribution in [0.3, 0.4) is 0 Å². The van der Waals surface area contributed by atoms with Gasteiger partial charge in [-0.05, 0) is 47.1 Å². The van der Waals surface area contributed by atoms with Crippen molar-refractivity contribution in [3.63, 3.8) is 0 Å². The van der Waals surface area contributed by atoms with E-state index in [1.54, 1.807) is 24.5 Å². The minimum atomic E-state index is 0.255. The molecule has 1 aliphatic heterocycles. The van der Waals surface area contributed by atoms with Gasteiger partial charge in [-0.25, -0.2) is 0 Å². The summed E-state index contributed by atoms with van der Waals surface area (Å²) in [7, 11) is 3.87. The molecular weight excluding hydrogens is 306 g/mol. The Morgan fingerprint density at radius 2 is 2.00 bits per heavy atom. The molecule has 118 valence electrons. The summed E-state index contributed by atoms with van der Waals surface area (Å²) in [5, 5.41) is 13.1. The Morgan fingerprint density at radius 1 is 1.17 bits per heavy atom. The van der Waals surface area contributed by atoms with E-state index in [1.807, 2.05) is 6.07 Å². The third-order valence-corrected chi connectivity index (χ3v) is 5.55. The second-order valence-corrected chi connectivity index (χ2v) is 7.08. The minimum Gasteiger partial charge on any atom is -0.508 e. The topological polar surface area (TPSA) is 32.7 Å². The molecule has 0 aliphatic carbocycles. The average Bonchev–Trinajstić information content (AvgIpc) is 3.01. The molecule has 3 nitrogen and oxygen atoms in total. The fourth-order valence-electron chi connectivity index (χ4n) is 3.61. The zero-order valence-corrected chi connectivity index (χ0v) is 14.1. The summed E-state index contributed by atoms with van der Waals surface area (Å²) in [5.74, 6) is 1.57. The molecule has 0 bridgehead atoms. The molecule has 0 saturated heterocycles. The Bertz CT molecular complexity index is 871. The van der Waals surface area contributed by atoms with Gasteiger partial charge in [0, 0.05) is 24.6 Å². The maximum absolute atomic E-state index is 9.80. The van der Waals surface area contributed by atoms with Gasteiger partial charge in [-0.1, -0.05) is 18.2 Å². The average molecular weight is 325 g/mol. The van der Waals surface area contributed by atoms with E-state index >= 15 is 0 Å². The van der Waals surface area contributed by atoms with E-state index in [0.717, 1.165) is 18.8 Å². The fraction of sp³-hybridized carbons (Fsp3) is 0.263. The van der Waals surface area contributed by atoms with Crippen LogP contribution < -0.4 is 4.74 Å². The molecule has 1 atom stereocenters. The van der Waals surface area contributed by atoms with Gasteiger partial charge in [-0.2, -0.15) is 0 Å². The Morgan fingerprint density at radius 3 is 2.83 bits per heavy atom. The second-order valence-electron chi connectivity index (χ2n) is 6.16. The number of ether oxygens (including phenoxy) is 1. The van der Waals surface area contributed by atoms with Crippen molar-refractivity contribution in [2.45, 2.75) is 12.5 Å². The lowest BCUT2D eigenvalue weighted by Gasteiger charge is -2.33. The van der Waals surface area contributed by atoms with E-state index in [-0.39, 0.29) is 5.92 Å². The first-order valence-corrected chi connectivity index (χ1v) is 8.60. The SMILES string of the molecule is COc1c(C2CN(C)Cc3cc(O)ccc32)ccc2ccsc12. The number of hydrogen-bond donors (Lipinski definition) is 1. The summed E-state index contributed by atoms with van der Waals surface area (Å²) in [5.41, 5.74) is 3.70. The molecule has 0 fully saturated rings. The van der Waals surface area contributed by atoms with E-state index in [0.29, 0.717) is 5.75 Å². The Kier molecular flexibility index (Phi) is 3.51. The number of hydrogen-bond acceptors (Lipinski definition) is 4. The number of fused-ring (bicyclic) bond motifs is 2. The van der Waals surface area contributed by atoms with Gasteiger partial charge < -0.3 is 14.7 Å². The fourth-order valence-corrected chi connectivity index (χ4v) is 4.54. The summed E-state index contributed by atoms with van der Waals surface area (Å²) >= 11 is 1.72. The van der Waals surface area contributed by atoms with Gasteiger partial charge >= 0.3 is 0 Å². The van der Waals surface area contributed by atoms with E-state index in [4.69, 9.17) is 4.74 Å². The predicted molar refractivity (Wildman–Crippen MR) is 94.7 cm³/mol. The van der Waals surface area contributed by atoms with E-state index in [2.05, 4.69) is 41.6 Å². The number of likely N-dealkylation sites (N-methyl/N-ethyl adjacent to an activating group) is 1. The van der Waals surface area contributed by atoms with Gasteiger partial charge in [0.05, 0.1) is 11.8 Å². The maximum atomic E-state index is 9.80. The zero-order chi connectivity index (χ0) is 16.0. The largest absolute Gasteiger partial charge is 0.508 e. The van der Waals surface area contributed by atoms with Gasteiger partial charge in [0.15, 0.2) is 0 Å². The van der Waals surface area contributed by atoms with Crippen LogP contribution in [0.4, 0.5) is 0 Å². The number of benzene rings is 2. The molecule has 1 aromatic heterocycles. The van der Waals surface area contributed by atoms with Crippen molar-refractivity contribution in [3.05, 3.63) is 58.5 Å². The summed E-state index contributed by atoms with van der Waals surface area (Å²) in [4.78, 5) is 2.30. The summed E-state index contributed by atoms with van der Waals surface area (Å²) < 4.78 is 6.99. The van der Waals surface area contributed by atoms with Crippen LogP contribution in [-0.2, 0) is 6.54 Å². The minimum absolute atomic E-state index is 0.255. The quantitative estimate of drug-likeness (QED) is 0.767. The monoisotopic (exact) mass is 325 g/mol. The molecular formula is C19H19NO2S. The van der Waals surface area contributed by atoms with E-state index in [1.165, 1.54) is 26.8 Å². The van der Waals surface area contributed by atoms with Crippen LogP contribution in [0, 0.1) is 0 Å². The Labute approximate surface area is 139 Å². The highest BCUT2D eigenvalue weighted by molar-refractivity contribution is 7.17. The molecule has 0 amide bonds. The van der Waals surface area contributed by atoms with Crippen LogP contribution in [0.5, 0.6) is 11.5 Å². The van der Waals surface area contributed by atoms with Crippen LogP contribution >= 0.6 is 11.3 Å². The van der Waals surface area contributed by atoms with Crippen molar-refractivity contribution in [2.24, 2.45) is 0 Å². The Hall–Kier alpha value is -2.04. The number of phenols is 1. The molecule has 0 spiro atoms. The molecule has 2 aromatic carbocycles. The predicted octanol–water partition coefficient (Wildman–Crippen LogP) is 4.19. The van der Waals surface area contributed by atoms with Crippen molar-refractivity contribution >= 4 is 21.4 Å². The molecule has 0 radical (unpaired) electrons. The molecule has 1 unspecified atom stereocenters. The smallest absolute Gasteiger partial charge is 0.140 e. The molecule has 2 heterocycles. The highest BCUT2D eigenvalue weighted by Gasteiger charge is 2.28. The molecule has 0 saturated carbocycles. The lowest BCUT2D eigenvalue weighted by atomic mass is 9.84. The van der Waals surface area contributed by atoms with Crippen molar-refractivity contribution in [3.8, 4) is 11.5 Å². The normalized spacial score (nSPS) is 18.1. The number of rotatable bonds is 2. The summed E-state index contributed by atoms with van der Waals surface area (Å²) in [6, 6.07) is 12.2. The van der Waals surface area contributed by atoms with E-state index < -0.39 is 0 Å². The lowest BCUT2D eigenvalue weighted by molar-refractivity contribution is 0.291. The van der Waals surface area contributed by atoms with E-state index in [9.17, 15) is 5.11 Å². The summed E-state index contributed by atoms with van der Waals surface area (Å²) in [6.07, 6.45) is 0. The van der Waals surface area contributed by atoms with Crippen LogP contribution in [0.15, 0.2) is 41.8 Å². The van der Waals surface area contributed by atoms with Crippen LogP contribution in [0.2, 0.25) is 0 Å². The molecule has 4 rings (SSSR count). The number of methoxy groups -OCH3 is 1. The molecule has 1 aliphatic rings. The van der Waals surface area contributed by atoms with Crippen LogP contribution in [-0.4, -0.2) is 30.7 Å². The maximum Gasteiger partial charge on any atom is 0.140 e. The molecule has 3 aromatic rings. The van der Waals surface area contributed by atoms with Crippen molar-refractivity contribution in [1.29, 1.82) is 0 Å². The highest BCUT2D eigenvalue weighted by Crippen LogP contribution is 2.42. The molecule has 23 heavy (non-hydrogen) atoms. The third kappa shape index (κ3) is 2.38. The van der Waals surface area contributed by atoms with Crippen LogP contribution in [0.25, 0.3) is 10.1 Å². The Balaban J connectivity index is 1.91. The first kappa shape index (κ1) is 14.5. The van der Waals surface area contributed by atoms with Gasteiger partial charge in [0.2, 0.25) is 0 Å². The van der Waals surface area contributed by atoms with Crippen molar-refractivity contribution < 1.29 is 9.84 Å². The first-order chi connectivity index (χ1) is 11.2. The third-order valence-electron chi connectivity index (χ3n) is 4.62. The zero-order valence-electron chi connectivity index (χ0n) is 13.2. The van der Waals surface area contributed by atoms with Gasteiger partial charge in [-0.3, -0.25) is 0 Å². The second kappa shape index (κ2) is 5.55. The summed E-state index contributed by atoms with van der Waals surface area (Å²) in [6.45, 7) is 1.81. The number of nitrogens with zero attached hydrogens (tertiary/aromatic N) is 1. The lowest BCUT2D eigenvalue weighted by Crippen LogP contribution is -2.31. The van der Waals surface area contributed by atoms with Gasteiger partial charge in [0.1, 0.15) is 11.5 Å². The standard InChI is InChI=1S/C19H19NO2S/c1-20-10-13-9-14(21)4-6-15(13)17(11-20)16-5-3-12-7-8-23-19(12)18(16)22-2/h3-9,17,21H,10-11H2,1-2H3. The number of phenolic OH excluding ortho intramolecular Hbond substituents is 1. The first-order valence-electron chi connectivity index (χ1n) is 7.72. The number of aromatic hydroxyl groups is 1. The van der Waals surface area contributed by atoms with Crippen LogP contribution in [0.1, 0.15) is 22.6 Å². The number of thiophene rings is 1. The van der Waals surface area contributed by atoms with Crippen molar-refractivity contribution in [1.82, 2.24) is 4.90 Å². The molecule has 1 N–H and O–H groups in total. The van der Waals surface area contributed by atoms with Gasteiger partial charge in [0.25, 0.3) is 0 Å². The van der Waals surface area contributed by atoms with Crippen molar-refractivity contribution in [2.75, 3.05) is 20.7 Å². The van der Waals surface area contributed by atoms with Gasteiger partial charge in [-0.15, -0.1) is 11.3 Å². The highest BCUT2D eigenvalue weighted by atomic mass is 32.1.